The van der Waals surface area contributed by atoms with Crippen LogP contribution in [0.1, 0.15) is 70.3 Å². The Kier molecular flexibility index (Phi) is 7.60. The third-order valence-corrected chi connectivity index (χ3v) is 9.33. The first-order valence-corrected chi connectivity index (χ1v) is 14.2. The van der Waals surface area contributed by atoms with Crippen LogP contribution >= 0.6 is 15.9 Å². The molecule has 1 atom stereocenters. The average Bonchev–Trinajstić information content (AvgIpc) is 2.96. The van der Waals surface area contributed by atoms with E-state index in [0.717, 1.165) is 40.6 Å². The summed E-state index contributed by atoms with van der Waals surface area (Å²) >= 11 is 3.35. The van der Waals surface area contributed by atoms with E-state index in [9.17, 15) is 18.0 Å². The summed E-state index contributed by atoms with van der Waals surface area (Å²) in [4.78, 5) is 28.0. The van der Waals surface area contributed by atoms with Gasteiger partial charge in [0, 0.05) is 10.5 Å². The highest BCUT2D eigenvalue weighted by atomic mass is 79.9. The van der Waals surface area contributed by atoms with E-state index in [1.165, 1.54) is 4.31 Å². The third kappa shape index (κ3) is 4.99. The number of imide groups is 1. The summed E-state index contributed by atoms with van der Waals surface area (Å²) in [5.41, 5.74) is 1.60. The van der Waals surface area contributed by atoms with Gasteiger partial charge in [0.1, 0.15) is 6.04 Å². The summed E-state index contributed by atoms with van der Waals surface area (Å²) in [6.45, 7) is 4.16. The fraction of sp³-hybridized carbons (Fsp3) is 0.462. The van der Waals surface area contributed by atoms with Crippen molar-refractivity contribution in [1.29, 1.82) is 0 Å². The fourth-order valence-electron chi connectivity index (χ4n) is 4.95. The minimum absolute atomic E-state index is 0.139. The van der Waals surface area contributed by atoms with Crippen molar-refractivity contribution in [1.82, 2.24) is 4.31 Å². The van der Waals surface area contributed by atoms with Crippen LogP contribution in [0.3, 0.4) is 0 Å². The second kappa shape index (κ2) is 10.3. The molecule has 1 heterocycles. The number of benzene rings is 2. The van der Waals surface area contributed by atoms with Crippen LogP contribution in [0.4, 0.5) is 5.69 Å². The van der Waals surface area contributed by atoms with Crippen molar-refractivity contribution in [2.45, 2.75) is 81.7 Å². The van der Waals surface area contributed by atoms with Crippen molar-refractivity contribution in [2.24, 2.45) is 0 Å². The van der Waals surface area contributed by atoms with Crippen LogP contribution < -0.4 is 4.90 Å². The SMILES string of the molecule is CC(C)c1ccc(N2C(=O)CC(N(C3CCCCCC3)S(=O)(=O)c3ccc(Br)cc3)C2=O)cc1. The number of halogens is 1. The predicted molar refractivity (Wildman–Crippen MR) is 136 cm³/mol. The molecule has 0 aromatic heterocycles. The van der Waals surface area contributed by atoms with Gasteiger partial charge in [-0.1, -0.05) is 67.6 Å². The number of anilines is 1. The van der Waals surface area contributed by atoms with E-state index in [0.29, 0.717) is 24.4 Å². The molecule has 0 radical (unpaired) electrons. The Morgan fingerprint density at radius 3 is 2.06 bits per heavy atom. The molecule has 0 N–H and O–H groups in total. The van der Waals surface area contributed by atoms with Gasteiger partial charge in [-0.3, -0.25) is 9.59 Å². The Hall–Kier alpha value is -2.03. The molecule has 2 aromatic rings. The summed E-state index contributed by atoms with van der Waals surface area (Å²) in [5, 5.41) is 0. The fourth-order valence-corrected chi connectivity index (χ4v) is 7.04. The topological polar surface area (TPSA) is 74.8 Å². The smallest absolute Gasteiger partial charge is 0.252 e. The number of nitrogens with zero attached hydrogens (tertiary/aromatic N) is 2. The second-order valence-corrected chi connectivity index (χ2v) is 12.2. The molecule has 182 valence electrons. The van der Waals surface area contributed by atoms with Crippen LogP contribution in [0.2, 0.25) is 0 Å². The van der Waals surface area contributed by atoms with Gasteiger partial charge >= 0.3 is 0 Å². The zero-order chi connectivity index (χ0) is 24.5. The monoisotopic (exact) mass is 546 g/mol. The van der Waals surface area contributed by atoms with E-state index in [4.69, 9.17) is 0 Å². The lowest BCUT2D eigenvalue weighted by Crippen LogP contribution is -2.50. The van der Waals surface area contributed by atoms with Gasteiger partial charge in [0.2, 0.25) is 15.9 Å². The molecule has 2 aliphatic rings. The number of carbonyl (C=O) groups is 2. The first-order chi connectivity index (χ1) is 16.2. The molecule has 0 bridgehead atoms. The number of carbonyl (C=O) groups excluding carboxylic acids is 2. The van der Waals surface area contributed by atoms with Crippen molar-refractivity contribution < 1.29 is 18.0 Å². The van der Waals surface area contributed by atoms with E-state index < -0.39 is 22.0 Å². The van der Waals surface area contributed by atoms with E-state index in [1.54, 1.807) is 36.4 Å². The summed E-state index contributed by atoms with van der Waals surface area (Å²) in [7, 11) is -3.98. The normalized spacial score (nSPS) is 20.4. The second-order valence-electron chi connectivity index (χ2n) is 9.47. The molecule has 1 saturated carbocycles. The van der Waals surface area contributed by atoms with Crippen molar-refractivity contribution in [3.05, 3.63) is 58.6 Å². The van der Waals surface area contributed by atoms with E-state index in [-0.39, 0.29) is 23.3 Å². The highest BCUT2D eigenvalue weighted by molar-refractivity contribution is 9.10. The molecule has 8 heteroatoms. The summed E-state index contributed by atoms with van der Waals surface area (Å²) in [5.74, 6) is -0.502. The lowest BCUT2D eigenvalue weighted by molar-refractivity contribution is -0.122. The zero-order valence-electron chi connectivity index (χ0n) is 19.6. The third-order valence-electron chi connectivity index (χ3n) is 6.82. The maximum atomic E-state index is 13.9. The molecule has 0 spiro atoms. The zero-order valence-corrected chi connectivity index (χ0v) is 22.0. The van der Waals surface area contributed by atoms with Gasteiger partial charge in [0.05, 0.1) is 17.0 Å². The van der Waals surface area contributed by atoms with E-state index in [1.807, 2.05) is 12.1 Å². The maximum absolute atomic E-state index is 13.9. The lowest BCUT2D eigenvalue weighted by Gasteiger charge is -2.33. The standard InChI is InChI=1S/C26H31BrN2O4S/c1-18(2)19-9-13-21(14-10-19)28-25(30)17-24(26(28)31)29(22-7-5-3-4-6-8-22)34(32,33)23-15-11-20(27)12-16-23/h9-16,18,22,24H,3-8,17H2,1-2H3. The van der Waals surface area contributed by atoms with Crippen molar-refractivity contribution in [2.75, 3.05) is 4.90 Å². The number of hydrogen-bond acceptors (Lipinski definition) is 4. The highest BCUT2D eigenvalue weighted by Gasteiger charge is 2.49. The lowest BCUT2D eigenvalue weighted by atomic mass is 10.0. The first kappa shape index (κ1) is 25.1. The van der Waals surface area contributed by atoms with E-state index in [2.05, 4.69) is 29.8 Å². The number of rotatable bonds is 6. The quantitative estimate of drug-likeness (QED) is 0.348. The molecule has 1 unspecified atom stereocenters. The molecule has 6 nitrogen and oxygen atoms in total. The molecule has 1 aliphatic heterocycles. The Bertz CT molecular complexity index is 1140. The largest absolute Gasteiger partial charge is 0.274 e. The van der Waals surface area contributed by atoms with Gasteiger partial charge in [-0.05, 0) is 60.7 Å². The summed E-state index contributed by atoms with van der Waals surface area (Å²) < 4.78 is 29.9. The average molecular weight is 548 g/mol. The Balaban J connectivity index is 1.71. The van der Waals surface area contributed by atoms with Crippen LogP contribution in [0.5, 0.6) is 0 Å². The Morgan fingerprint density at radius 2 is 1.50 bits per heavy atom. The summed E-state index contributed by atoms with van der Waals surface area (Å²) in [6, 6.07) is 12.5. The van der Waals surface area contributed by atoms with Gasteiger partial charge in [-0.15, -0.1) is 0 Å². The van der Waals surface area contributed by atoms with Crippen LogP contribution in [-0.4, -0.2) is 36.6 Å². The molecule has 4 rings (SSSR count). The van der Waals surface area contributed by atoms with Gasteiger partial charge < -0.3 is 0 Å². The number of sulfonamides is 1. The molecule has 1 aliphatic carbocycles. The minimum atomic E-state index is -3.98. The minimum Gasteiger partial charge on any atom is -0.274 e. The molecule has 34 heavy (non-hydrogen) atoms. The molecular weight excluding hydrogens is 516 g/mol. The number of hydrogen-bond donors (Lipinski definition) is 0. The van der Waals surface area contributed by atoms with Crippen LogP contribution in [-0.2, 0) is 19.6 Å². The van der Waals surface area contributed by atoms with Crippen LogP contribution in [0, 0.1) is 0 Å². The van der Waals surface area contributed by atoms with E-state index >= 15 is 0 Å². The Morgan fingerprint density at radius 1 is 0.912 bits per heavy atom. The van der Waals surface area contributed by atoms with Crippen LogP contribution in [0.15, 0.2) is 57.9 Å². The van der Waals surface area contributed by atoms with Gasteiger partial charge in [-0.2, -0.15) is 4.31 Å². The van der Waals surface area contributed by atoms with Crippen molar-refractivity contribution in [3.8, 4) is 0 Å². The molecule has 1 saturated heterocycles. The van der Waals surface area contributed by atoms with Crippen LogP contribution in [0.25, 0.3) is 0 Å². The number of amides is 2. The first-order valence-electron chi connectivity index (χ1n) is 12.0. The van der Waals surface area contributed by atoms with Gasteiger partial charge in [0.25, 0.3) is 5.91 Å². The van der Waals surface area contributed by atoms with Gasteiger partial charge in [-0.25, -0.2) is 13.3 Å². The molecule has 2 aromatic carbocycles. The van der Waals surface area contributed by atoms with Crippen molar-refractivity contribution in [3.63, 3.8) is 0 Å². The molecular formula is C26H31BrN2O4S. The Labute approximate surface area is 210 Å². The molecule has 2 amide bonds. The van der Waals surface area contributed by atoms with Crippen molar-refractivity contribution >= 4 is 43.5 Å². The van der Waals surface area contributed by atoms with Gasteiger partial charge in [0.15, 0.2) is 0 Å². The molecule has 2 fully saturated rings. The highest BCUT2D eigenvalue weighted by Crippen LogP contribution is 2.35. The predicted octanol–water partition coefficient (Wildman–Crippen LogP) is 5.62. The maximum Gasteiger partial charge on any atom is 0.252 e. The summed E-state index contributed by atoms with van der Waals surface area (Å²) in [6.07, 6.45) is 5.16.